The van der Waals surface area contributed by atoms with Gasteiger partial charge in [-0.2, -0.15) is 8.78 Å². The van der Waals surface area contributed by atoms with E-state index in [1.165, 1.54) is 30.4 Å². The van der Waals surface area contributed by atoms with Crippen LogP contribution in [-0.2, 0) is 9.53 Å². The maximum absolute atomic E-state index is 12.3. The van der Waals surface area contributed by atoms with Crippen molar-refractivity contribution in [1.29, 1.82) is 0 Å². The molecule has 0 aliphatic heterocycles. The third-order valence-electron chi connectivity index (χ3n) is 3.51. The minimum Gasteiger partial charge on any atom is -0.444 e. The number of rotatable bonds is 6. The second kappa shape index (κ2) is 9.17. The number of nitrogens with zero attached hydrogens (tertiary/aromatic N) is 1. The van der Waals surface area contributed by atoms with Crippen molar-refractivity contribution in [2.24, 2.45) is 0 Å². The molecule has 2 amide bonds. The van der Waals surface area contributed by atoms with Crippen LogP contribution in [-0.4, -0.2) is 35.2 Å². The zero-order valence-corrected chi connectivity index (χ0v) is 17.5. The predicted octanol–water partition coefficient (Wildman–Crippen LogP) is 4.57. The van der Waals surface area contributed by atoms with Crippen molar-refractivity contribution in [3.63, 3.8) is 0 Å². The van der Waals surface area contributed by atoms with Crippen LogP contribution in [0.5, 0.6) is 5.75 Å². The molecule has 2 rings (SSSR count). The zero-order valence-electron chi connectivity index (χ0n) is 16.7. The lowest BCUT2D eigenvalue weighted by Gasteiger charge is -2.21. The number of hydrogen-bond acceptors (Lipinski definition) is 6. The molecule has 0 saturated heterocycles. The van der Waals surface area contributed by atoms with Crippen LogP contribution in [0.2, 0.25) is 0 Å². The molecule has 1 aromatic carbocycles. The summed E-state index contributed by atoms with van der Waals surface area (Å²) in [6.07, 6.45) is -0.692. The van der Waals surface area contributed by atoms with E-state index < -0.39 is 30.3 Å². The molecule has 0 fully saturated rings. The normalized spacial score (nSPS) is 12.4. The molecule has 0 saturated carbocycles. The summed E-state index contributed by atoms with van der Waals surface area (Å²) in [5, 5.41) is 5.47. The summed E-state index contributed by atoms with van der Waals surface area (Å²) in [7, 11) is 0. The van der Waals surface area contributed by atoms with Crippen LogP contribution in [0.3, 0.4) is 0 Å². The van der Waals surface area contributed by atoms with E-state index in [4.69, 9.17) is 4.74 Å². The van der Waals surface area contributed by atoms with E-state index in [-0.39, 0.29) is 5.75 Å². The van der Waals surface area contributed by atoms with Crippen molar-refractivity contribution in [3.05, 3.63) is 29.1 Å². The molecule has 1 heterocycles. The first-order valence-corrected chi connectivity index (χ1v) is 9.59. The van der Waals surface area contributed by atoms with Crippen molar-refractivity contribution in [3.8, 4) is 17.0 Å². The molecule has 29 heavy (non-hydrogen) atoms. The number of aromatic nitrogens is 1. The molecular weight excluding hydrogens is 404 g/mol. The van der Waals surface area contributed by atoms with E-state index in [2.05, 4.69) is 20.4 Å². The number of nitrogens with one attached hydrogen (secondary N) is 2. The van der Waals surface area contributed by atoms with Crippen molar-refractivity contribution >= 4 is 28.5 Å². The predicted molar refractivity (Wildman–Crippen MR) is 106 cm³/mol. The lowest BCUT2D eigenvalue weighted by Crippen LogP contribution is -2.43. The number of amides is 2. The highest BCUT2D eigenvalue weighted by molar-refractivity contribution is 7.16. The molecule has 0 bridgehead atoms. The van der Waals surface area contributed by atoms with Gasteiger partial charge in [-0.1, -0.05) is 0 Å². The molecule has 1 aromatic heterocycles. The largest absolute Gasteiger partial charge is 0.444 e. The standard InChI is InChI=1S/C19H23F2N3O4S/c1-10(22-18(26)28-19(3,4)5)15(25)24-17-23-14(11(2)29-17)12-6-8-13(9-7-12)27-16(20)21/h6-10,16H,1-5H3,(H,22,26)(H,23,24,25)/t10-/m1/s1. The lowest BCUT2D eigenvalue weighted by atomic mass is 10.1. The second-order valence-corrected chi connectivity index (χ2v) is 8.39. The summed E-state index contributed by atoms with van der Waals surface area (Å²) in [6.45, 7) is 5.65. The number of aryl methyl sites for hydroxylation is 1. The molecule has 0 unspecified atom stereocenters. The second-order valence-electron chi connectivity index (χ2n) is 7.18. The molecule has 1 atom stereocenters. The fraction of sp³-hybridized carbons (Fsp3) is 0.421. The number of hydrogen-bond donors (Lipinski definition) is 2. The highest BCUT2D eigenvalue weighted by atomic mass is 32.1. The number of thiazole rings is 1. The number of alkyl halides is 2. The van der Waals surface area contributed by atoms with Crippen molar-refractivity contribution < 1.29 is 27.8 Å². The fourth-order valence-electron chi connectivity index (χ4n) is 2.28. The van der Waals surface area contributed by atoms with Crippen molar-refractivity contribution in [1.82, 2.24) is 10.3 Å². The SMILES string of the molecule is Cc1sc(NC(=O)[C@@H](C)NC(=O)OC(C)(C)C)nc1-c1ccc(OC(F)F)cc1. The first-order chi connectivity index (χ1) is 13.4. The lowest BCUT2D eigenvalue weighted by molar-refractivity contribution is -0.117. The van der Waals surface area contributed by atoms with Crippen LogP contribution in [0, 0.1) is 6.92 Å². The molecule has 0 spiro atoms. The Morgan fingerprint density at radius 1 is 1.17 bits per heavy atom. The highest BCUT2D eigenvalue weighted by Gasteiger charge is 2.22. The number of halogens is 2. The highest BCUT2D eigenvalue weighted by Crippen LogP contribution is 2.31. The quantitative estimate of drug-likeness (QED) is 0.705. The van der Waals surface area contributed by atoms with E-state index in [1.807, 2.05) is 6.92 Å². The summed E-state index contributed by atoms with van der Waals surface area (Å²) >= 11 is 1.26. The molecule has 0 aliphatic carbocycles. The number of alkyl carbamates (subject to hydrolysis) is 1. The van der Waals surface area contributed by atoms with Crippen LogP contribution >= 0.6 is 11.3 Å². The van der Waals surface area contributed by atoms with Gasteiger partial charge in [-0.3, -0.25) is 4.79 Å². The summed E-state index contributed by atoms with van der Waals surface area (Å²) < 4.78 is 34.0. The monoisotopic (exact) mass is 427 g/mol. The van der Waals surface area contributed by atoms with E-state index in [1.54, 1.807) is 32.9 Å². The van der Waals surface area contributed by atoms with Gasteiger partial charge in [0.25, 0.3) is 0 Å². The van der Waals surface area contributed by atoms with Gasteiger partial charge in [0.2, 0.25) is 5.91 Å². The van der Waals surface area contributed by atoms with E-state index in [9.17, 15) is 18.4 Å². The Morgan fingerprint density at radius 2 is 1.79 bits per heavy atom. The Labute approximate surface area is 171 Å². The Morgan fingerprint density at radius 3 is 2.34 bits per heavy atom. The molecule has 2 N–H and O–H groups in total. The van der Waals surface area contributed by atoms with Gasteiger partial charge in [0.1, 0.15) is 17.4 Å². The summed E-state index contributed by atoms with van der Waals surface area (Å²) in [6, 6.07) is 5.23. The van der Waals surface area contributed by atoms with Gasteiger partial charge in [0.05, 0.1) is 5.69 Å². The van der Waals surface area contributed by atoms with Gasteiger partial charge < -0.3 is 20.1 Å². The van der Waals surface area contributed by atoms with Gasteiger partial charge in [-0.25, -0.2) is 9.78 Å². The summed E-state index contributed by atoms with van der Waals surface area (Å²) in [5.41, 5.74) is 0.639. The maximum Gasteiger partial charge on any atom is 0.408 e. The van der Waals surface area contributed by atoms with Gasteiger partial charge in [-0.15, -0.1) is 11.3 Å². The number of anilines is 1. The average Bonchev–Trinajstić information content (AvgIpc) is 2.93. The first-order valence-electron chi connectivity index (χ1n) is 8.77. The average molecular weight is 427 g/mol. The Bertz CT molecular complexity index is 863. The van der Waals surface area contributed by atoms with Crippen LogP contribution in [0.1, 0.15) is 32.6 Å². The number of benzene rings is 1. The van der Waals surface area contributed by atoms with Crippen LogP contribution < -0.4 is 15.4 Å². The minimum absolute atomic E-state index is 0.0483. The topological polar surface area (TPSA) is 89.6 Å². The smallest absolute Gasteiger partial charge is 0.408 e. The third kappa shape index (κ3) is 6.97. The number of carbonyl (C=O) groups excluding carboxylic acids is 2. The van der Waals surface area contributed by atoms with E-state index in [0.717, 1.165) is 4.88 Å². The zero-order chi connectivity index (χ0) is 21.8. The van der Waals surface area contributed by atoms with Crippen LogP contribution in [0.15, 0.2) is 24.3 Å². The van der Waals surface area contributed by atoms with Gasteiger partial charge in [0, 0.05) is 10.4 Å². The Balaban J connectivity index is 2.02. The molecule has 7 nitrogen and oxygen atoms in total. The van der Waals surface area contributed by atoms with Gasteiger partial charge in [0.15, 0.2) is 5.13 Å². The van der Waals surface area contributed by atoms with Gasteiger partial charge >= 0.3 is 12.7 Å². The van der Waals surface area contributed by atoms with Crippen molar-refractivity contribution in [2.75, 3.05) is 5.32 Å². The minimum atomic E-state index is -2.89. The number of carbonyl (C=O) groups is 2. The maximum atomic E-state index is 12.3. The molecule has 10 heteroatoms. The van der Waals surface area contributed by atoms with E-state index in [0.29, 0.717) is 16.4 Å². The Hall–Kier alpha value is -2.75. The van der Waals surface area contributed by atoms with E-state index >= 15 is 0 Å². The summed E-state index contributed by atoms with van der Waals surface area (Å²) in [4.78, 5) is 29.3. The fourth-order valence-corrected chi connectivity index (χ4v) is 3.11. The number of ether oxygens (including phenoxy) is 2. The molecular formula is C19H23F2N3O4S. The molecule has 0 radical (unpaired) electrons. The van der Waals surface area contributed by atoms with Crippen molar-refractivity contribution in [2.45, 2.75) is 52.9 Å². The molecule has 158 valence electrons. The summed E-state index contributed by atoms with van der Waals surface area (Å²) in [5.74, 6) is -0.399. The molecule has 2 aromatic rings. The van der Waals surface area contributed by atoms with Gasteiger partial charge in [-0.05, 0) is 58.9 Å². The van der Waals surface area contributed by atoms with Crippen LogP contribution in [0.25, 0.3) is 11.3 Å². The Kier molecular flexibility index (Phi) is 7.12. The first kappa shape index (κ1) is 22.5. The third-order valence-corrected chi connectivity index (χ3v) is 4.39. The molecule has 0 aliphatic rings. The van der Waals surface area contributed by atoms with Crippen LogP contribution in [0.4, 0.5) is 18.7 Å².